The lowest BCUT2D eigenvalue weighted by Crippen LogP contribution is -2.57. The van der Waals surface area contributed by atoms with E-state index in [1.807, 2.05) is 5.32 Å². The predicted octanol–water partition coefficient (Wildman–Crippen LogP) is -0.0564. The number of carboxylic acids is 2. The molecule has 0 saturated heterocycles. The molecule has 11 nitrogen and oxygen atoms in total. The van der Waals surface area contributed by atoms with Crippen molar-refractivity contribution in [2.24, 2.45) is 11.3 Å². The number of ether oxygens (including phenoxy) is 1. The van der Waals surface area contributed by atoms with E-state index in [-0.39, 0.29) is 0 Å². The monoisotopic (exact) mass is 403 g/mol. The topological polar surface area (TPSA) is 171 Å². The maximum atomic E-state index is 12.5. The fourth-order valence-corrected chi connectivity index (χ4v) is 2.26. The van der Waals surface area contributed by atoms with Gasteiger partial charge in [0.2, 0.25) is 11.8 Å². The van der Waals surface area contributed by atoms with Crippen LogP contribution in [-0.2, 0) is 23.9 Å². The molecule has 0 aromatic heterocycles. The van der Waals surface area contributed by atoms with Gasteiger partial charge in [-0.3, -0.25) is 19.2 Å². The van der Waals surface area contributed by atoms with E-state index >= 15 is 0 Å². The van der Waals surface area contributed by atoms with Gasteiger partial charge in [0.25, 0.3) is 0 Å². The molecule has 0 rings (SSSR count). The van der Waals surface area contributed by atoms with Crippen LogP contribution in [0, 0.1) is 11.3 Å². The van der Waals surface area contributed by atoms with E-state index in [4.69, 9.17) is 9.84 Å². The molecule has 0 saturated carbocycles. The van der Waals surface area contributed by atoms with Crippen LogP contribution in [-0.4, -0.2) is 64.8 Å². The van der Waals surface area contributed by atoms with E-state index in [0.29, 0.717) is 0 Å². The predicted molar refractivity (Wildman–Crippen MR) is 97.4 cm³/mol. The third-order valence-electron chi connectivity index (χ3n) is 3.35. The summed E-state index contributed by atoms with van der Waals surface area (Å²) in [6, 6.07) is -1.53. The number of amides is 3. The minimum Gasteiger partial charge on any atom is -0.481 e. The van der Waals surface area contributed by atoms with Crippen molar-refractivity contribution in [2.45, 2.75) is 53.2 Å². The molecule has 28 heavy (non-hydrogen) atoms. The molecule has 0 heterocycles. The third-order valence-corrected chi connectivity index (χ3v) is 3.35. The quantitative estimate of drug-likeness (QED) is 0.375. The summed E-state index contributed by atoms with van der Waals surface area (Å²) in [5, 5.41) is 24.6. The van der Waals surface area contributed by atoms with Crippen LogP contribution in [0.2, 0.25) is 0 Å². The van der Waals surface area contributed by atoms with Gasteiger partial charge in [-0.25, -0.2) is 4.79 Å². The Labute approximate surface area is 163 Å². The van der Waals surface area contributed by atoms with E-state index in [1.54, 1.807) is 41.5 Å². The van der Waals surface area contributed by atoms with Gasteiger partial charge >= 0.3 is 18.0 Å². The van der Waals surface area contributed by atoms with Gasteiger partial charge in [0, 0.05) is 0 Å². The van der Waals surface area contributed by atoms with Gasteiger partial charge in [0.15, 0.2) is 0 Å². The number of hydrogen-bond acceptors (Lipinski definition) is 6. The van der Waals surface area contributed by atoms with Crippen LogP contribution in [0.5, 0.6) is 0 Å². The fraction of sp³-hybridized carbons (Fsp3) is 0.706. The first kappa shape index (κ1) is 25.1. The third kappa shape index (κ3) is 9.74. The van der Waals surface area contributed by atoms with Crippen LogP contribution in [0.3, 0.4) is 0 Å². The molecule has 0 aromatic carbocycles. The Bertz CT molecular complexity index is 619. The van der Waals surface area contributed by atoms with Gasteiger partial charge in [-0.15, -0.1) is 0 Å². The Hall–Kier alpha value is -2.85. The summed E-state index contributed by atoms with van der Waals surface area (Å²) in [6.45, 7) is 8.35. The van der Waals surface area contributed by atoms with Crippen molar-refractivity contribution in [3.8, 4) is 0 Å². The van der Waals surface area contributed by atoms with E-state index < -0.39 is 65.9 Å². The van der Waals surface area contributed by atoms with Gasteiger partial charge in [0.05, 0.1) is 12.5 Å². The second-order valence-corrected chi connectivity index (χ2v) is 8.19. The molecule has 0 aliphatic carbocycles. The summed E-state index contributed by atoms with van der Waals surface area (Å²) < 4.78 is 5.08. The molecule has 11 heteroatoms. The lowest BCUT2D eigenvalue weighted by molar-refractivity contribution is -0.150. The molecule has 0 bridgehead atoms. The van der Waals surface area contributed by atoms with E-state index in [0.717, 1.165) is 0 Å². The number of carbonyl (C=O) groups is 5. The Morgan fingerprint density at radius 2 is 1.43 bits per heavy atom. The summed E-state index contributed by atoms with van der Waals surface area (Å²) >= 11 is 0. The number of hydrogen-bond donors (Lipinski definition) is 5. The van der Waals surface area contributed by atoms with Gasteiger partial charge in [-0.05, 0) is 26.2 Å². The molecule has 0 aromatic rings. The standard InChI is InChI=1S/C17H29N3O8/c1-16(2,3)11(14(25)26)12(20-15(27)28-17(4,5)6)13(24)19-7-9(21)18-8-10(22)23/h11-12H,7-8H2,1-6H3,(H,18,21)(H,19,24)(H,20,27)(H,22,23)(H,25,26)/t11?,12-/m0/s1. The summed E-state index contributed by atoms with van der Waals surface area (Å²) in [7, 11) is 0. The van der Waals surface area contributed by atoms with Crippen LogP contribution in [0.4, 0.5) is 4.79 Å². The number of aliphatic carboxylic acids is 2. The van der Waals surface area contributed by atoms with Gasteiger partial charge in [-0.2, -0.15) is 0 Å². The van der Waals surface area contributed by atoms with Crippen molar-refractivity contribution >= 4 is 29.8 Å². The molecule has 0 spiro atoms. The summed E-state index contributed by atoms with van der Waals surface area (Å²) in [5.41, 5.74) is -1.79. The van der Waals surface area contributed by atoms with E-state index in [2.05, 4.69) is 10.6 Å². The lowest BCUT2D eigenvalue weighted by Gasteiger charge is -2.33. The molecule has 160 valence electrons. The maximum Gasteiger partial charge on any atom is 0.408 e. The van der Waals surface area contributed by atoms with Crippen molar-refractivity contribution in [1.29, 1.82) is 0 Å². The molecule has 2 atom stereocenters. The molecular weight excluding hydrogens is 374 g/mol. The number of nitrogens with one attached hydrogen (secondary N) is 3. The number of carboxylic acid groups (broad SMARTS) is 2. The van der Waals surface area contributed by atoms with Crippen LogP contribution >= 0.6 is 0 Å². The average molecular weight is 403 g/mol. The summed E-state index contributed by atoms with van der Waals surface area (Å²) in [5.74, 6) is -5.61. The maximum absolute atomic E-state index is 12.5. The Kier molecular flexibility index (Phi) is 8.90. The molecule has 5 N–H and O–H groups in total. The molecular formula is C17H29N3O8. The minimum atomic E-state index is -1.53. The molecule has 0 fully saturated rings. The van der Waals surface area contributed by atoms with Crippen molar-refractivity contribution in [3.05, 3.63) is 0 Å². The van der Waals surface area contributed by atoms with Gasteiger partial charge < -0.3 is 30.9 Å². The van der Waals surface area contributed by atoms with Crippen LogP contribution in [0.25, 0.3) is 0 Å². The highest BCUT2D eigenvalue weighted by Gasteiger charge is 2.43. The highest BCUT2D eigenvalue weighted by Crippen LogP contribution is 2.29. The lowest BCUT2D eigenvalue weighted by atomic mass is 9.76. The Morgan fingerprint density at radius 3 is 1.82 bits per heavy atom. The van der Waals surface area contributed by atoms with Crippen molar-refractivity contribution in [2.75, 3.05) is 13.1 Å². The first-order chi connectivity index (χ1) is 12.5. The fourth-order valence-electron chi connectivity index (χ4n) is 2.26. The van der Waals surface area contributed by atoms with Crippen LogP contribution in [0.1, 0.15) is 41.5 Å². The van der Waals surface area contributed by atoms with Crippen molar-refractivity contribution in [1.82, 2.24) is 16.0 Å². The molecule has 0 aliphatic rings. The number of alkyl carbamates (subject to hydrolysis) is 1. The number of rotatable bonds is 8. The average Bonchev–Trinajstić information content (AvgIpc) is 2.46. The van der Waals surface area contributed by atoms with E-state index in [1.165, 1.54) is 0 Å². The van der Waals surface area contributed by atoms with E-state index in [9.17, 15) is 29.1 Å². The molecule has 0 aliphatic heterocycles. The second kappa shape index (κ2) is 9.90. The van der Waals surface area contributed by atoms with Crippen LogP contribution in [0.15, 0.2) is 0 Å². The zero-order chi connectivity index (χ0) is 22.3. The van der Waals surface area contributed by atoms with Crippen molar-refractivity contribution in [3.63, 3.8) is 0 Å². The first-order valence-corrected chi connectivity index (χ1v) is 8.53. The zero-order valence-corrected chi connectivity index (χ0v) is 16.9. The number of carbonyl (C=O) groups excluding carboxylic acids is 3. The largest absolute Gasteiger partial charge is 0.481 e. The normalized spacial score (nSPS) is 13.6. The highest BCUT2D eigenvalue weighted by atomic mass is 16.6. The Morgan fingerprint density at radius 1 is 0.893 bits per heavy atom. The zero-order valence-electron chi connectivity index (χ0n) is 16.9. The molecule has 1 unspecified atom stereocenters. The highest BCUT2D eigenvalue weighted by molar-refractivity contribution is 5.93. The smallest absolute Gasteiger partial charge is 0.408 e. The van der Waals surface area contributed by atoms with Crippen molar-refractivity contribution < 1.29 is 38.9 Å². The summed E-state index contributed by atoms with van der Waals surface area (Å²) in [6.07, 6.45) is -0.988. The summed E-state index contributed by atoms with van der Waals surface area (Å²) in [4.78, 5) is 58.4. The Balaban J connectivity index is 5.38. The first-order valence-electron chi connectivity index (χ1n) is 8.53. The SMILES string of the molecule is CC(C)(C)OC(=O)N[C@H](C(=O)NCC(=O)NCC(=O)O)C(C(=O)O)C(C)(C)C. The minimum absolute atomic E-state index is 0.588. The second-order valence-electron chi connectivity index (χ2n) is 8.19. The van der Waals surface area contributed by atoms with Gasteiger partial charge in [-0.1, -0.05) is 20.8 Å². The van der Waals surface area contributed by atoms with Gasteiger partial charge in [0.1, 0.15) is 18.2 Å². The van der Waals surface area contributed by atoms with Crippen LogP contribution < -0.4 is 16.0 Å². The molecule has 3 amide bonds. The molecule has 0 radical (unpaired) electrons.